The molecule has 170 valence electrons. The van der Waals surface area contributed by atoms with Gasteiger partial charge in [0.05, 0.1) is 13.4 Å². The van der Waals surface area contributed by atoms with Crippen LogP contribution in [0.3, 0.4) is 0 Å². The van der Waals surface area contributed by atoms with Crippen LogP contribution in [0.1, 0.15) is 11.1 Å². The smallest absolute Gasteiger partial charge is 0.503 e. The van der Waals surface area contributed by atoms with Crippen LogP contribution in [-0.4, -0.2) is 29.5 Å². The molecule has 0 saturated carbocycles. The zero-order valence-electron chi connectivity index (χ0n) is 17.3. The number of hydrogen-bond acceptors (Lipinski definition) is 6. The van der Waals surface area contributed by atoms with Crippen molar-refractivity contribution in [1.29, 1.82) is 0 Å². The highest BCUT2D eigenvalue weighted by atomic mass is 32.1. The second-order valence-electron chi connectivity index (χ2n) is 6.92. The number of benzene rings is 2. The van der Waals surface area contributed by atoms with Crippen LogP contribution in [0.2, 0.25) is 0 Å². The van der Waals surface area contributed by atoms with Crippen molar-refractivity contribution in [3.05, 3.63) is 65.2 Å². The molecule has 1 N–H and O–H groups in total. The van der Waals surface area contributed by atoms with Crippen molar-refractivity contribution in [2.24, 2.45) is 0 Å². The number of halogens is 3. The van der Waals surface area contributed by atoms with Gasteiger partial charge in [0.25, 0.3) is 0 Å². The van der Waals surface area contributed by atoms with Crippen LogP contribution in [0.5, 0.6) is 5.75 Å². The number of furan rings is 1. The summed E-state index contributed by atoms with van der Waals surface area (Å²) in [5.74, 6) is -1.00. The number of alkyl halides is 3. The van der Waals surface area contributed by atoms with E-state index in [1.165, 1.54) is 42.7 Å². The fraction of sp³-hybridized carbons (Fsp3) is 0.130. The van der Waals surface area contributed by atoms with Crippen molar-refractivity contribution in [3.63, 3.8) is 0 Å². The first-order valence-electron chi connectivity index (χ1n) is 9.48. The molecule has 0 amide bonds. The Morgan fingerprint density at radius 3 is 2.55 bits per heavy atom. The molecule has 4 aromatic rings. The van der Waals surface area contributed by atoms with Crippen LogP contribution in [0.15, 0.2) is 58.5 Å². The maximum absolute atomic E-state index is 12.4. The molecule has 0 saturated heterocycles. The number of carboxylic acids is 1. The summed E-state index contributed by atoms with van der Waals surface area (Å²) in [5.41, 5.74) is 2.62. The molecule has 4 rings (SSSR count). The summed E-state index contributed by atoms with van der Waals surface area (Å²) in [7, 11) is 1.36. The topological polar surface area (TPSA) is 81.8 Å². The third-order valence-electron chi connectivity index (χ3n) is 4.79. The van der Waals surface area contributed by atoms with E-state index < -0.39 is 12.3 Å². The number of aromatic nitrogens is 1. The minimum absolute atomic E-state index is 0.0523. The summed E-state index contributed by atoms with van der Waals surface area (Å²) in [5, 5.41) is 12.6. The number of methoxy groups -OCH3 is 1. The lowest BCUT2D eigenvalue weighted by Crippen LogP contribution is -2.16. The maximum Gasteiger partial charge on any atom is 0.573 e. The molecule has 0 radical (unpaired) electrons. The lowest BCUT2D eigenvalue weighted by Gasteiger charge is -2.08. The van der Waals surface area contributed by atoms with Crippen molar-refractivity contribution < 1.29 is 37.0 Å². The highest BCUT2D eigenvalue weighted by Crippen LogP contribution is 2.38. The van der Waals surface area contributed by atoms with Crippen LogP contribution in [0, 0.1) is 6.92 Å². The number of fused-ring (bicyclic) bond motifs is 1. The monoisotopic (exact) mass is 475 g/mol. The summed E-state index contributed by atoms with van der Waals surface area (Å²) >= 11 is 1.30. The summed E-state index contributed by atoms with van der Waals surface area (Å²) < 4.78 is 51.9. The molecule has 2 aromatic carbocycles. The Kier molecular flexibility index (Phi) is 5.86. The molecule has 0 spiro atoms. The molecule has 0 unspecified atom stereocenters. The van der Waals surface area contributed by atoms with E-state index in [-0.39, 0.29) is 11.3 Å². The molecule has 10 heteroatoms. The molecule has 2 heterocycles. The molecule has 0 aliphatic heterocycles. The fourth-order valence-corrected chi connectivity index (χ4v) is 4.16. The molecule has 0 bridgehead atoms. The number of carbonyl (C=O) groups is 1. The molecule has 0 atom stereocenters. The van der Waals surface area contributed by atoms with Gasteiger partial charge in [0, 0.05) is 27.5 Å². The Balaban J connectivity index is 1.71. The molecular formula is C23H16F3NO5S. The third kappa shape index (κ3) is 4.56. The third-order valence-corrected chi connectivity index (χ3v) is 5.68. The standard InChI is InChI=1S/C23H16F3NO5S/c1-12-15-4-3-5-16(17(10-30-2)22(28)29)20(15)31-19(12)18-11-33-21(27-18)13-6-8-14(9-7-13)32-23(24,25)26/h3-11H,1-2H3,(H,28,29). The van der Waals surface area contributed by atoms with Gasteiger partial charge in [-0.3, -0.25) is 0 Å². The number of carboxylic acid groups (broad SMARTS) is 1. The quantitative estimate of drug-likeness (QED) is 0.253. The highest BCUT2D eigenvalue weighted by Gasteiger charge is 2.31. The van der Waals surface area contributed by atoms with Crippen molar-refractivity contribution in [3.8, 4) is 27.8 Å². The second-order valence-corrected chi connectivity index (χ2v) is 7.78. The molecule has 2 aromatic heterocycles. The Hall–Kier alpha value is -3.79. The van der Waals surface area contributed by atoms with Crippen LogP contribution in [-0.2, 0) is 9.53 Å². The number of hydrogen-bond donors (Lipinski definition) is 1. The van der Waals surface area contributed by atoms with Crippen molar-refractivity contribution in [2.45, 2.75) is 13.3 Å². The Morgan fingerprint density at radius 1 is 1.18 bits per heavy atom. The number of para-hydroxylation sites is 1. The van der Waals surface area contributed by atoms with Gasteiger partial charge in [-0.25, -0.2) is 9.78 Å². The first-order valence-corrected chi connectivity index (χ1v) is 10.4. The number of nitrogens with zero attached hydrogens (tertiary/aromatic N) is 1. The SMILES string of the molecule is COC=C(C(=O)O)c1cccc2c(C)c(-c3csc(-c4ccc(OC(F)(F)F)cc4)n3)oc12. The highest BCUT2D eigenvalue weighted by molar-refractivity contribution is 7.13. The fourth-order valence-electron chi connectivity index (χ4n) is 3.36. The normalized spacial score (nSPS) is 12.2. The number of ether oxygens (including phenoxy) is 2. The molecule has 0 aliphatic carbocycles. The zero-order chi connectivity index (χ0) is 23.8. The average Bonchev–Trinajstić information content (AvgIpc) is 3.36. The van der Waals surface area contributed by atoms with Gasteiger partial charge in [0.15, 0.2) is 5.76 Å². The Bertz CT molecular complexity index is 1350. The van der Waals surface area contributed by atoms with Crippen LogP contribution in [0.4, 0.5) is 13.2 Å². The first kappa shape index (κ1) is 22.4. The Morgan fingerprint density at radius 2 is 1.91 bits per heavy atom. The van der Waals surface area contributed by atoms with Gasteiger partial charge in [0.2, 0.25) is 0 Å². The second kappa shape index (κ2) is 8.62. The lowest BCUT2D eigenvalue weighted by atomic mass is 10.0. The summed E-state index contributed by atoms with van der Waals surface area (Å²) in [6.45, 7) is 1.84. The van der Waals surface area contributed by atoms with Gasteiger partial charge in [-0.05, 0) is 31.2 Å². The van der Waals surface area contributed by atoms with Gasteiger partial charge < -0.3 is 19.0 Å². The number of rotatable bonds is 6. The molecular weight excluding hydrogens is 459 g/mol. The first-order chi connectivity index (χ1) is 15.7. The summed E-state index contributed by atoms with van der Waals surface area (Å²) in [6.07, 6.45) is -3.62. The van der Waals surface area contributed by atoms with Crippen molar-refractivity contribution in [1.82, 2.24) is 4.98 Å². The van der Waals surface area contributed by atoms with Gasteiger partial charge in [-0.1, -0.05) is 18.2 Å². The molecule has 6 nitrogen and oxygen atoms in total. The number of aryl methyl sites for hydroxylation is 1. The van der Waals surface area contributed by atoms with E-state index in [2.05, 4.69) is 9.72 Å². The van der Waals surface area contributed by atoms with Crippen LogP contribution < -0.4 is 4.74 Å². The van der Waals surface area contributed by atoms with E-state index in [1.807, 2.05) is 13.0 Å². The van der Waals surface area contributed by atoms with E-state index in [0.717, 1.165) is 17.2 Å². The van der Waals surface area contributed by atoms with Crippen molar-refractivity contribution >= 4 is 33.8 Å². The van der Waals surface area contributed by atoms with E-state index in [4.69, 9.17) is 9.15 Å². The zero-order valence-corrected chi connectivity index (χ0v) is 18.1. The van der Waals surface area contributed by atoms with Gasteiger partial charge in [-0.2, -0.15) is 0 Å². The predicted octanol–water partition coefficient (Wildman–Crippen LogP) is 6.50. The molecule has 0 fully saturated rings. The molecule has 0 aliphatic rings. The molecule has 33 heavy (non-hydrogen) atoms. The minimum Gasteiger partial charge on any atom is -0.503 e. The van der Waals surface area contributed by atoms with Gasteiger partial charge >= 0.3 is 12.3 Å². The largest absolute Gasteiger partial charge is 0.573 e. The van der Waals surface area contributed by atoms with E-state index in [0.29, 0.717) is 33.2 Å². The number of thiazole rings is 1. The maximum atomic E-state index is 12.4. The summed E-state index contributed by atoms with van der Waals surface area (Å²) in [4.78, 5) is 16.2. The van der Waals surface area contributed by atoms with Crippen molar-refractivity contribution in [2.75, 3.05) is 7.11 Å². The van der Waals surface area contributed by atoms with Crippen LogP contribution in [0.25, 0.3) is 38.6 Å². The van der Waals surface area contributed by atoms with Gasteiger partial charge in [0.1, 0.15) is 27.6 Å². The summed E-state index contributed by atoms with van der Waals surface area (Å²) in [6, 6.07) is 10.6. The predicted molar refractivity (Wildman–Crippen MR) is 117 cm³/mol. The minimum atomic E-state index is -4.76. The lowest BCUT2D eigenvalue weighted by molar-refractivity contribution is -0.274. The number of aliphatic carboxylic acids is 1. The van der Waals surface area contributed by atoms with Gasteiger partial charge in [-0.15, -0.1) is 24.5 Å². The average molecular weight is 475 g/mol. The van der Waals surface area contributed by atoms with E-state index in [9.17, 15) is 23.1 Å². The Labute approximate surface area is 189 Å². The van der Waals surface area contributed by atoms with Crippen LogP contribution >= 0.6 is 11.3 Å². The van der Waals surface area contributed by atoms with E-state index >= 15 is 0 Å². The van der Waals surface area contributed by atoms with E-state index in [1.54, 1.807) is 17.5 Å².